The van der Waals surface area contributed by atoms with Gasteiger partial charge in [-0.05, 0) is 70.8 Å². The van der Waals surface area contributed by atoms with Crippen molar-refractivity contribution in [3.63, 3.8) is 0 Å². The number of piperidine rings is 1. The summed E-state index contributed by atoms with van der Waals surface area (Å²) in [5, 5.41) is 10.3. The van der Waals surface area contributed by atoms with Crippen molar-refractivity contribution < 1.29 is 4.79 Å². The van der Waals surface area contributed by atoms with Gasteiger partial charge in [0.2, 0.25) is 5.91 Å². The number of hydrogen-bond donors (Lipinski definition) is 3. The highest BCUT2D eigenvalue weighted by atomic mass is 35.5. The van der Waals surface area contributed by atoms with Crippen molar-refractivity contribution in [2.75, 3.05) is 33.2 Å². The summed E-state index contributed by atoms with van der Waals surface area (Å²) in [6.45, 7) is 9.14. The molecular weight excluding hydrogens is 386 g/mol. The number of halogens is 1. The maximum atomic E-state index is 11.8. The third-order valence-corrected chi connectivity index (χ3v) is 5.35. The molecule has 7 heteroatoms. The number of benzene rings is 1. The molecule has 2 rings (SSSR count). The summed E-state index contributed by atoms with van der Waals surface area (Å²) in [5.74, 6) is 1.24. The molecule has 1 aromatic carbocycles. The zero-order valence-corrected chi connectivity index (χ0v) is 18.9. The number of carbonyl (C=O) groups is 1. The van der Waals surface area contributed by atoms with Gasteiger partial charge < -0.3 is 16.0 Å². The second kappa shape index (κ2) is 12.0. The summed E-state index contributed by atoms with van der Waals surface area (Å²) in [7, 11) is 2.18. The zero-order valence-electron chi connectivity index (χ0n) is 18.2. The van der Waals surface area contributed by atoms with E-state index in [1.54, 1.807) is 0 Å². The molecule has 29 heavy (non-hydrogen) atoms. The molecule has 0 aliphatic carbocycles. The van der Waals surface area contributed by atoms with E-state index >= 15 is 0 Å². The number of amides is 1. The average Bonchev–Trinajstić information content (AvgIpc) is 2.65. The van der Waals surface area contributed by atoms with Crippen LogP contribution >= 0.6 is 11.6 Å². The fraction of sp³-hybridized carbons (Fsp3) is 0.636. The van der Waals surface area contributed by atoms with Crippen LogP contribution in [0.15, 0.2) is 29.3 Å². The van der Waals surface area contributed by atoms with Gasteiger partial charge in [0.1, 0.15) is 0 Å². The first-order valence-corrected chi connectivity index (χ1v) is 11.1. The van der Waals surface area contributed by atoms with Gasteiger partial charge in [0.15, 0.2) is 5.96 Å². The molecule has 0 spiro atoms. The molecule has 0 radical (unpaired) electrons. The van der Waals surface area contributed by atoms with Gasteiger partial charge in [-0.3, -0.25) is 14.7 Å². The van der Waals surface area contributed by atoms with Crippen LogP contribution in [-0.4, -0.2) is 56.0 Å². The quantitative estimate of drug-likeness (QED) is 0.445. The Labute approximate surface area is 180 Å². The lowest BCUT2D eigenvalue weighted by atomic mass is 9.85. The van der Waals surface area contributed by atoms with E-state index in [4.69, 9.17) is 16.6 Å². The number of rotatable bonds is 8. The summed E-state index contributed by atoms with van der Waals surface area (Å²) < 4.78 is 0. The highest BCUT2D eigenvalue weighted by molar-refractivity contribution is 6.30. The number of nitrogens with one attached hydrogen (secondary N) is 3. The fourth-order valence-corrected chi connectivity index (χ4v) is 4.11. The molecule has 0 bridgehead atoms. The fourth-order valence-electron chi connectivity index (χ4n) is 3.91. The molecule has 3 N–H and O–H groups in total. The molecule has 162 valence electrons. The van der Waals surface area contributed by atoms with Gasteiger partial charge in [-0.15, -0.1) is 0 Å². The molecule has 1 aliphatic rings. The molecular formula is C22H36ClN5O. The highest BCUT2D eigenvalue weighted by Gasteiger charge is 2.30. The van der Waals surface area contributed by atoms with Gasteiger partial charge in [0.25, 0.3) is 0 Å². The third kappa shape index (κ3) is 7.86. The van der Waals surface area contributed by atoms with E-state index in [0.717, 1.165) is 37.0 Å². The van der Waals surface area contributed by atoms with Crippen molar-refractivity contribution in [2.45, 2.75) is 52.1 Å². The monoisotopic (exact) mass is 421 g/mol. The van der Waals surface area contributed by atoms with Crippen LogP contribution in [0.4, 0.5) is 0 Å². The lowest BCUT2D eigenvalue weighted by molar-refractivity contribution is -0.121. The van der Waals surface area contributed by atoms with Crippen molar-refractivity contribution >= 4 is 23.5 Å². The number of guanidine groups is 1. The van der Waals surface area contributed by atoms with E-state index in [0.29, 0.717) is 24.9 Å². The molecule has 1 fully saturated rings. The van der Waals surface area contributed by atoms with Crippen LogP contribution in [0.25, 0.3) is 0 Å². The number of hydrogen-bond acceptors (Lipinski definition) is 3. The minimum atomic E-state index is 0.0540. The van der Waals surface area contributed by atoms with E-state index in [-0.39, 0.29) is 11.9 Å². The number of nitrogens with zero attached hydrogens (tertiary/aromatic N) is 2. The van der Waals surface area contributed by atoms with Crippen molar-refractivity contribution in [2.24, 2.45) is 10.9 Å². The molecule has 1 heterocycles. The maximum Gasteiger partial charge on any atom is 0.221 e. The zero-order chi connectivity index (χ0) is 21.2. The molecule has 0 aromatic heterocycles. The van der Waals surface area contributed by atoms with Crippen molar-refractivity contribution in [3.05, 3.63) is 34.9 Å². The first kappa shape index (κ1) is 23.5. The Balaban J connectivity index is 2.00. The van der Waals surface area contributed by atoms with E-state index in [9.17, 15) is 4.79 Å². The van der Waals surface area contributed by atoms with Gasteiger partial charge in [0, 0.05) is 43.2 Å². The second-order valence-electron chi connectivity index (χ2n) is 8.00. The Hall–Kier alpha value is -1.79. The van der Waals surface area contributed by atoms with Gasteiger partial charge >= 0.3 is 0 Å². The molecule has 6 nitrogen and oxygen atoms in total. The van der Waals surface area contributed by atoms with E-state index < -0.39 is 0 Å². The largest absolute Gasteiger partial charge is 0.357 e. The second-order valence-corrected chi connectivity index (χ2v) is 8.44. The lowest BCUT2D eigenvalue weighted by Gasteiger charge is -2.39. The Morgan fingerprint density at radius 3 is 2.83 bits per heavy atom. The van der Waals surface area contributed by atoms with Crippen LogP contribution < -0.4 is 16.0 Å². The van der Waals surface area contributed by atoms with Crippen LogP contribution in [0.3, 0.4) is 0 Å². The molecule has 1 saturated heterocycles. The Morgan fingerprint density at radius 2 is 2.14 bits per heavy atom. The Morgan fingerprint density at radius 1 is 1.34 bits per heavy atom. The average molecular weight is 422 g/mol. The first-order valence-electron chi connectivity index (χ1n) is 10.7. The highest BCUT2D eigenvalue weighted by Crippen LogP contribution is 2.36. The standard InChI is InChI=1S/C22H36ClN5O/c1-5-24-22(25-12-11-20(29)27-16(2)3)26-15-18-9-7-13-28(4)21(18)17-8-6-10-19(23)14-17/h6,8,10,14,16,18,21H,5,7,9,11-13,15H2,1-4H3,(H,27,29)(H2,24,25,26). The molecule has 1 aliphatic heterocycles. The van der Waals surface area contributed by atoms with E-state index in [1.165, 1.54) is 12.0 Å². The van der Waals surface area contributed by atoms with Gasteiger partial charge in [0.05, 0.1) is 0 Å². The first-order chi connectivity index (χ1) is 13.9. The number of aliphatic imine (C=N–C) groups is 1. The SMILES string of the molecule is CCNC(=NCC1CCCN(C)C1c1cccc(Cl)c1)NCCC(=O)NC(C)C. The number of carbonyl (C=O) groups excluding carboxylic acids is 1. The van der Waals surface area contributed by atoms with Crippen LogP contribution in [0.2, 0.25) is 5.02 Å². The molecule has 2 unspecified atom stereocenters. The topological polar surface area (TPSA) is 68.8 Å². The minimum absolute atomic E-state index is 0.0540. The van der Waals surface area contributed by atoms with E-state index in [1.807, 2.05) is 32.9 Å². The van der Waals surface area contributed by atoms with Crippen molar-refractivity contribution in [1.82, 2.24) is 20.9 Å². The summed E-state index contributed by atoms with van der Waals surface area (Å²) in [5.41, 5.74) is 1.25. The van der Waals surface area contributed by atoms with Gasteiger partial charge in [-0.2, -0.15) is 0 Å². The van der Waals surface area contributed by atoms with Crippen molar-refractivity contribution in [1.29, 1.82) is 0 Å². The smallest absolute Gasteiger partial charge is 0.221 e. The van der Waals surface area contributed by atoms with Crippen molar-refractivity contribution in [3.8, 4) is 0 Å². The van der Waals surface area contributed by atoms with Crippen LogP contribution in [0, 0.1) is 5.92 Å². The van der Waals surface area contributed by atoms with Crippen LogP contribution in [0.5, 0.6) is 0 Å². The third-order valence-electron chi connectivity index (χ3n) is 5.12. The molecule has 0 saturated carbocycles. The maximum absolute atomic E-state index is 11.8. The predicted molar refractivity (Wildman–Crippen MR) is 121 cm³/mol. The number of likely N-dealkylation sites (tertiary alicyclic amines) is 1. The Bertz CT molecular complexity index is 679. The summed E-state index contributed by atoms with van der Waals surface area (Å²) >= 11 is 6.24. The molecule has 1 amide bonds. The molecule has 2 atom stereocenters. The molecule has 1 aromatic rings. The van der Waals surface area contributed by atoms with Gasteiger partial charge in [-0.1, -0.05) is 23.7 Å². The Kier molecular flexibility index (Phi) is 9.74. The summed E-state index contributed by atoms with van der Waals surface area (Å²) in [6.07, 6.45) is 2.74. The van der Waals surface area contributed by atoms with Crippen LogP contribution in [-0.2, 0) is 4.79 Å². The normalized spacial score (nSPS) is 20.6. The lowest BCUT2D eigenvalue weighted by Crippen LogP contribution is -2.41. The summed E-state index contributed by atoms with van der Waals surface area (Å²) in [4.78, 5) is 19.1. The van der Waals surface area contributed by atoms with Gasteiger partial charge in [-0.25, -0.2) is 0 Å². The van der Waals surface area contributed by atoms with Crippen LogP contribution in [0.1, 0.15) is 51.6 Å². The van der Waals surface area contributed by atoms with E-state index in [2.05, 4.69) is 40.0 Å². The minimum Gasteiger partial charge on any atom is -0.357 e. The predicted octanol–water partition coefficient (Wildman–Crippen LogP) is 3.19. The summed E-state index contributed by atoms with van der Waals surface area (Å²) in [6, 6.07) is 8.65.